The summed E-state index contributed by atoms with van der Waals surface area (Å²) < 4.78 is 10.7. The van der Waals surface area contributed by atoms with E-state index in [1.807, 2.05) is 0 Å². The lowest BCUT2D eigenvalue weighted by Crippen LogP contribution is -2.21. The highest BCUT2D eigenvalue weighted by Crippen LogP contribution is 2.09. The van der Waals surface area contributed by atoms with Gasteiger partial charge in [0.1, 0.15) is 0 Å². The number of hydrogen-bond donors (Lipinski definition) is 1. The third-order valence-corrected chi connectivity index (χ3v) is 1.91. The number of ether oxygens (including phenoxy) is 2. The maximum atomic E-state index is 5.55. The van der Waals surface area contributed by atoms with Gasteiger partial charge in [0.15, 0.2) is 0 Å². The van der Waals surface area contributed by atoms with E-state index in [2.05, 4.69) is 6.92 Å². The molecule has 66 valence electrons. The average Bonchev–Trinajstić information content (AvgIpc) is 2.52. The van der Waals surface area contributed by atoms with Crippen molar-refractivity contribution in [3.05, 3.63) is 0 Å². The molecule has 0 radical (unpaired) electrons. The summed E-state index contributed by atoms with van der Waals surface area (Å²) in [6, 6.07) is 0. The predicted molar refractivity (Wildman–Crippen MR) is 43.4 cm³/mol. The van der Waals surface area contributed by atoms with Crippen LogP contribution in [0.4, 0.5) is 0 Å². The van der Waals surface area contributed by atoms with Gasteiger partial charge in [0, 0.05) is 6.61 Å². The maximum absolute atomic E-state index is 5.55. The summed E-state index contributed by atoms with van der Waals surface area (Å²) in [5, 5.41) is 0. The molecule has 0 aliphatic carbocycles. The van der Waals surface area contributed by atoms with Gasteiger partial charge in [-0.3, -0.25) is 0 Å². The molecule has 2 N–H and O–H groups in total. The molecule has 0 bridgehead atoms. The quantitative estimate of drug-likeness (QED) is 0.645. The Kier molecular flexibility index (Phi) is 3.83. The summed E-state index contributed by atoms with van der Waals surface area (Å²) in [4.78, 5) is 0. The average molecular weight is 159 g/mol. The van der Waals surface area contributed by atoms with E-state index < -0.39 is 0 Å². The maximum Gasteiger partial charge on any atom is 0.0830 e. The first kappa shape index (κ1) is 8.97. The van der Waals surface area contributed by atoms with E-state index in [-0.39, 0.29) is 0 Å². The summed E-state index contributed by atoms with van der Waals surface area (Å²) in [5.74, 6) is 0.468. The minimum Gasteiger partial charge on any atom is -0.379 e. The van der Waals surface area contributed by atoms with Gasteiger partial charge < -0.3 is 15.2 Å². The second-order valence-corrected chi connectivity index (χ2v) is 3.16. The molecule has 0 spiro atoms. The SMILES string of the molecule is C[C@H](CN)CO[C@H]1CCOC1. The van der Waals surface area contributed by atoms with Crippen molar-refractivity contribution in [2.75, 3.05) is 26.4 Å². The zero-order chi connectivity index (χ0) is 8.10. The van der Waals surface area contributed by atoms with E-state index in [4.69, 9.17) is 15.2 Å². The van der Waals surface area contributed by atoms with E-state index in [9.17, 15) is 0 Å². The van der Waals surface area contributed by atoms with Gasteiger partial charge in [-0.05, 0) is 18.9 Å². The van der Waals surface area contributed by atoms with Gasteiger partial charge in [-0.25, -0.2) is 0 Å². The molecular weight excluding hydrogens is 142 g/mol. The molecule has 1 fully saturated rings. The number of rotatable bonds is 4. The van der Waals surface area contributed by atoms with Crippen LogP contribution in [0.3, 0.4) is 0 Å². The van der Waals surface area contributed by atoms with Crippen LogP contribution in [-0.2, 0) is 9.47 Å². The first-order valence-electron chi connectivity index (χ1n) is 4.22. The van der Waals surface area contributed by atoms with Crippen molar-refractivity contribution in [1.82, 2.24) is 0 Å². The van der Waals surface area contributed by atoms with Crippen molar-refractivity contribution in [3.8, 4) is 0 Å². The van der Waals surface area contributed by atoms with E-state index in [0.29, 0.717) is 18.6 Å². The Hall–Kier alpha value is -0.120. The predicted octanol–water partition coefficient (Wildman–Crippen LogP) is 0.387. The van der Waals surface area contributed by atoms with Crippen molar-refractivity contribution in [3.63, 3.8) is 0 Å². The summed E-state index contributed by atoms with van der Waals surface area (Å²) in [6.07, 6.45) is 1.36. The van der Waals surface area contributed by atoms with Gasteiger partial charge in [0.2, 0.25) is 0 Å². The lowest BCUT2D eigenvalue weighted by molar-refractivity contribution is 0.0265. The van der Waals surface area contributed by atoms with Crippen LogP contribution in [0.2, 0.25) is 0 Å². The number of nitrogens with two attached hydrogens (primary N) is 1. The first-order valence-corrected chi connectivity index (χ1v) is 4.22. The molecule has 0 aromatic heterocycles. The van der Waals surface area contributed by atoms with Crippen LogP contribution in [0.25, 0.3) is 0 Å². The molecular formula is C8H17NO2. The summed E-state index contributed by atoms with van der Waals surface area (Å²) in [5.41, 5.74) is 5.45. The van der Waals surface area contributed by atoms with Crippen molar-refractivity contribution in [2.45, 2.75) is 19.4 Å². The Bertz CT molecular complexity index is 102. The first-order chi connectivity index (χ1) is 5.33. The Labute approximate surface area is 67.9 Å². The smallest absolute Gasteiger partial charge is 0.0830 e. The summed E-state index contributed by atoms with van der Waals surface area (Å²) >= 11 is 0. The third kappa shape index (κ3) is 3.18. The summed E-state index contributed by atoms with van der Waals surface area (Å²) in [6.45, 7) is 5.17. The van der Waals surface area contributed by atoms with Gasteiger partial charge in [-0.15, -0.1) is 0 Å². The molecule has 3 heteroatoms. The fraction of sp³-hybridized carbons (Fsp3) is 1.00. The monoisotopic (exact) mass is 159 g/mol. The minimum atomic E-state index is 0.323. The number of hydrogen-bond acceptors (Lipinski definition) is 3. The Balaban J connectivity index is 2.01. The van der Waals surface area contributed by atoms with Crippen LogP contribution in [0, 0.1) is 5.92 Å². The fourth-order valence-electron chi connectivity index (χ4n) is 1.01. The van der Waals surface area contributed by atoms with Crippen molar-refractivity contribution in [2.24, 2.45) is 11.7 Å². The molecule has 1 rings (SSSR count). The molecule has 0 aromatic carbocycles. The van der Waals surface area contributed by atoms with Crippen LogP contribution < -0.4 is 5.73 Å². The van der Waals surface area contributed by atoms with E-state index in [1.165, 1.54) is 0 Å². The standard InChI is InChI=1S/C8H17NO2/c1-7(4-9)5-11-8-2-3-10-6-8/h7-8H,2-6,9H2,1H3/t7-,8+/m1/s1. The molecule has 1 aliphatic heterocycles. The van der Waals surface area contributed by atoms with Gasteiger partial charge in [0.25, 0.3) is 0 Å². The highest BCUT2D eigenvalue weighted by Gasteiger charge is 2.16. The topological polar surface area (TPSA) is 44.5 Å². The molecule has 0 saturated carbocycles. The second-order valence-electron chi connectivity index (χ2n) is 3.16. The van der Waals surface area contributed by atoms with E-state index >= 15 is 0 Å². The highest BCUT2D eigenvalue weighted by atomic mass is 16.5. The van der Waals surface area contributed by atoms with E-state index in [1.54, 1.807) is 0 Å². The highest BCUT2D eigenvalue weighted by molar-refractivity contribution is 4.63. The third-order valence-electron chi connectivity index (χ3n) is 1.91. The van der Waals surface area contributed by atoms with Gasteiger partial charge >= 0.3 is 0 Å². The molecule has 1 heterocycles. The van der Waals surface area contributed by atoms with Crippen LogP contribution >= 0.6 is 0 Å². The zero-order valence-corrected chi connectivity index (χ0v) is 7.08. The normalized spacial score (nSPS) is 27.3. The van der Waals surface area contributed by atoms with Crippen LogP contribution in [0.15, 0.2) is 0 Å². The Morgan fingerprint density at radius 2 is 2.55 bits per heavy atom. The summed E-state index contributed by atoms with van der Waals surface area (Å²) in [7, 11) is 0. The minimum absolute atomic E-state index is 0.323. The van der Waals surface area contributed by atoms with Crippen molar-refractivity contribution < 1.29 is 9.47 Å². The van der Waals surface area contributed by atoms with Gasteiger partial charge in [-0.2, -0.15) is 0 Å². The molecule has 0 amide bonds. The van der Waals surface area contributed by atoms with Crippen molar-refractivity contribution >= 4 is 0 Å². The molecule has 0 unspecified atom stereocenters. The Morgan fingerprint density at radius 1 is 1.73 bits per heavy atom. The molecule has 2 atom stereocenters. The lowest BCUT2D eigenvalue weighted by atomic mass is 10.2. The molecule has 3 nitrogen and oxygen atoms in total. The van der Waals surface area contributed by atoms with Crippen LogP contribution in [0.1, 0.15) is 13.3 Å². The van der Waals surface area contributed by atoms with Crippen LogP contribution in [-0.4, -0.2) is 32.5 Å². The Morgan fingerprint density at radius 3 is 3.09 bits per heavy atom. The molecule has 1 saturated heterocycles. The molecule has 0 aromatic rings. The lowest BCUT2D eigenvalue weighted by Gasteiger charge is -2.13. The fourth-order valence-corrected chi connectivity index (χ4v) is 1.01. The largest absolute Gasteiger partial charge is 0.379 e. The van der Waals surface area contributed by atoms with Crippen LogP contribution in [0.5, 0.6) is 0 Å². The second kappa shape index (κ2) is 4.70. The van der Waals surface area contributed by atoms with Gasteiger partial charge in [-0.1, -0.05) is 6.92 Å². The molecule has 1 aliphatic rings. The van der Waals surface area contributed by atoms with Gasteiger partial charge in [0.05, 0.1) is 19.3 Å². The zero-order valence-electron chi connectivity index (χ0n) is 7.08. The van der Waals surface area contributed by atoms with E-state index in [0.717, 1.165) is 26.2 Å². The van der Waals surface area contributed by atoms with Crippen molar-refractivity contribution in [1.29, 1.82) is 0 Å². The molecule has 11 heavy (non-hydrogen) atoms.